The molecule has 0 aromatic heterocycles. The third-order valence-corrected chi connectivity index (χ3v) is 4.38. The minimum atomic E-state index is 0.878. The molecule has 0 aliphatic heterocycles. The van der Waals surface area contributed by atoms with Crippen LogP contribution in [0.2, 0.25) is 0 Å². The third kappa shape index (κ3) is 4.48. The molecule has 1 aromatic carbocycles. The van der Waals surface area contributed by atoms with Crippen molar-refractivity contribution in [3.8, 4) is 0 Å². The Balaban J connectivity index is 1.76. The molecule has 0 heterocycles. The van der Waals surface area contributed by atoms with Gasteiger partial charge in [-0.3, -0.25) is 0 Å². The summed E-state index contributed by atoms with van der Waals surface area (Å²) >= 11 is 0. The van der Waals surface area contributed by atoms with Crippen LogP contribution in [0.15, 0.2) is 30.3 Å². The van der Waals surface area contributed by atoms with Gasteiger partial charge in [-0.25, -0.2) is 0 Å². The van der Waals surface area contributed by atoms with Crippen LogP contribution < -0.4 is 0 Å². The van der Waals surface area contributed by atoms with E-state index in [9.17, 15) is 0 Å². The predicted octanol–water partition coefficient (Wildman–Crippen LogP) is 5.47. The van der Waals surface area contributed by atoms with Crippen LogP contribution in [0.4, 0.5) is 0 Å². The molecule has 1 aliphatic rings. The lowest BCUT2D eigenvalue weighted by Crippen LogP contribution is -2.17. The number of rotatable bonds is 5. The number of benzene rings is 1. The summed E-state index contributed by atoms with van der Waals surface area (Å²) < 4.78 is 0. The highest BCUT2D eigenvalue weighted by Crippen LogP contribution is 2.35. The van der Waals surface area contributed by atoms with E-state index in [1.54, 1.807) is 0 Å². The Hall–Kier alpha value is -0.780. The van der Waals surface area contributed by atoms with Crippen LogP contribution in [-0.4, -0.2) is 0 Å². The monoisotopic (exact) mass is 244 g/mol. The lowest BCUT2D eigenvalue weighted by molar-refractivity contribution is 0.227. The molecule has 0 spiro atoms. The fourth-order valence-corrected chi connectivity index (χ4v) is 3.56. The van der Waals surface area contributed by atoms with E-state index in [0.717, 1.165) is 17.8 Å². The first kappa shape index (κ1) is 13.6. The molecule has 0 radical (unpaired) electrons. The number of aryl methyl sites for hydroxylation is 1. The summed E-state index contributed by atoms with van der Waals surface area (Å²) in [5, 5.41) is 0. The zero-order valence-electron chi connectivity index (χ0n) is 12.1. The molecule has 0 nitrogen and oxygen atoms in total. The van der Waals surface area contributed by atoms with Gasteiger partial charge in [0.1, 0.15) is 0 Å². The molecule has 2 unspecified atom stereocenters. The Morgan fingerprint density at radius 3 is 2.50 bits per heavy atom. The van der Waals surface area contributed by atoms with Gasteiger partial charge in [0.2, 0.25) is 0 Å². The van der Waals surface area contributed by atoms with Crippen molar-refractivity contribution in [1.82, 2.24) is 0 Å². The van der Waals surface area contributed by atoms with Gasteiger partial charge in [0.15, 0.2) is 0 Å². The highest BCUT2D eigenvalue weighted by atomic mass is 14.3. The van der Waals surface area contributed by atoms with Crippen LogP contribution in [0, 0.1) is 17.8 Å². The zero-order valence-corrected chi connectivity index (χ0v) is 12.1. The molecule has 1 fully saturated rings. The third-order valence-electron chi connectivity index (χ3n) is 4.38. The summed E-state index contributed by atoms with van der Waals surface area (Å²) in [6.07, 6.45) is 10.0. The van der Waals surface area contributed by atoms with Gasteiger partial charge in [-0.2, -0.15) is 0 Å². The molecule has 0 heteroatoms. The average Bonchev–Trinajstić information content (AvgIpc) is 2.37. The van der Waals surface area contributed by atoms with Crippen molar-refractivity contribution in [1.29, 1.82) is 0 Å². The van der Waals surface area contributed by atoms with Crippen LogP contribution in [0.1, 0.15) is 57.9 Å². The van der Waals surface area contributed by atoms with E-state index in [0.29, 0.717) is 0 Å². The Bertz CT molecular complexity index is 325. The van der Waals surface area contributed by atoms with Gasteiger partial charge in [0.05, 0.1) is 0 Å². The van der Waals surface area contributed by atoms with Crippen LogP contribution in [0.25, 0.3) is 0 Å². The van der Waals surface area contributed by atoms with Gasteiger partial charge >= 0.3 is 0 Å². The van der Waals surface area contributed by atoms with E-state index >= 15 is 0 Å². The van der Waals surface area contributed by atoms with Crippen LogP contribution in [0.5, 0.6) is 0 Å². The van der Waals surface area contributed by atoms with Crippen molar-refractivity contribution in [2.45, 2.75) is 58.8 Å². The van der Waals surface area contributed by atoms with E-state index in [4.69, 9.17) is 0 Å². The Morgan fingerprint density at radius 1 is 1.06 bits per heavy atom. The van der Waals surface area contributed by atoms with Gasteiger partial charge in [0.25, 0.3) is 0 Å². The van der Waals surface area contributed by atoms with Gasteiger partial charge in [0, 0.05) is 0 Å². The first-order chi connectivity index (χ1) is 8.74. The molecule has 2 rings (SSSR count). The van der Waals surface area contributed by atoms with E-state index < -0.39 is 0 Å². The summed E-state index contributed by atoms with van der Waals surface area (Å²) in [4.78, 5) is 0. The second-order valence-electron chi connectivity index (χ2n) is 6.55. The molecule has 2 atom stereocenters. The Labute approximate surface area is 113 Å². The number of hydrogen-bond donors (Lipinski definition) is 0. The second kappa shape index (κ2) is 6.97. The zero-order chi connectivity index (χ0) is 12.8. The molecule has 1 aromatic rings. The van der Waals surface area contributed by atoms with Crippen molar-refractivity contribution < 1.29 is 0 Å². The van der Waals surface area contributed by atoms with Gasteiger partial charge in [-0.15, -0.1) is 0 Å². The summed E-state index contributed by atoms with van der Waals surface area (Å²) in [7, 11) is 0. The quantitative estimate of drug-likeness (QED) is 0.644. The van der Waals surface area contributed by atoms with Crippen LogP contribution in [-0.2, 0) is 6.42 Å². The highest BCUT2D eigenvalue weighted by molar-refractivity contribution is 5.14. The first-order valence-corrected chi connectivity index (χ1v) is 7.78. The van der Waals surface area contributed by atoms with E-state index in [1.165, 1.54) is 50.5 Å². The van der Waals surface area contributed by atoms with Crippen LogP contribution >= 0.6 is 0 Å². The maximum atomic E-state index is 2.37. The topological polar surface area (TPSA) is 0 Å². The minimum Gasteiger partial charge on any atom is -0.0628 e. The molecule has 1 aliphatic carbocycles. The second-order valence-corrected chi connectivity index (χ2v) is 6.55. The van der Waals surface area contributed by atoms with E-state index in [-0.39, 0.29) is 0 Å². The largest absolute Gasteiger partial charge is 0.0628 e. The lowest BCUT2D eigenvalue weighted by atomic mass is 9.76. The fourth-order valence-electron chi connectivity index (χ4n) is 3.56. The van der Waals surface area contributed by atoms with E-state index in [2.05, 4.69) is 44.2 Å². The lowest BCUT2D eigenvalue weighted by Gasteiger charge is -2.30. The number of hydrogen-bond acceptors (Lipinski definition) is 0. The molecule has 100 valence electrons. The summed E-state index contributed by atoms with van der Waals surface area (Å²) in [5.74, 6) is 2.88. The standard InChI is InChI=1S/C18H28/c1-15(2)13-18-10-6-9-17(14-18)12-11-16-7-4-3-5-8-16/h3-5,7-8,15,17-18H,6,9-14H2,1-2H3. The SMILES string of the molecule is CC(C)CC1CCCC(CCc2ccccc2)C1. The Kier molecular flexibility index (Phi) is 5.28. The Morgan fingerprint density at radius 2 is 1.78 bits per heavy atom. The van der Waals surface area contributed by atoms with Crippen molar-refractivity contribution in [2.24, 2.45) is 17.8 Å². The van der Waals surface area contributed by atoms with Gasteiger partial charge in [-0.05, 0) is 49.0 Å². The molecular weight excluding hydrogens is 216 g/mol. The maximum Gasteiger partial charge on any atom is -0.0276 e. The molecule has 1 saturated carbocycles. The predicted molar refractivity (Wildman–Crippen MR) is 79.7 cm³/mol. The average molecular weight is 244 g/mol. The molecule has 0 N–H and O–H groups in total. The smallest absolute Gasteiger partial charge is 0.0276 e. The molecular formula is C18H28. The van der Waals surface area contributed by atoms with Gasteiger partial charge < -0.3 is 0 Å². The molecule has 0 bridgehead atoms. The maximum absolute atomic E-state index is 2.37. The highest BCUT2D eigenvalue weighted by Gasteiger charge is 2.22. The molecule has 0 saturated heterocycles. The first-order valence-electron chi connectivity index (χ1n) is 7.78. The van der Waals surface area contributed by atoms with Crippen molar-refractivity contribution in [3.05, 3.63) is 35.9 Å². The fraction of sp³-hybridized carbons (Fsp3) is 0.667. The van der Waals surface area contributed by atoms with Gasteiger partial charge in [-0.1, -0.05) is 63.4 Å². The molecule has 0 amide bonds. The normalized spacial score (nSPS) is 24.4. The van der Waals surface area contributed by atoms with Crippen molar-refractivity contribution in [3.63, 3.8) is 0 Å². The summed E-state index contributed by atoms with van der Waals surface area (Å²) in [6.45, 7) is 4.74. The van der Waals surface area contributed by atoms with Crippen molar-refractivity contribution in [2.75, 3.05) is 0 Å². The van der Waals surface area contributed by atoms with Crippen LogP contribution in [0.3, 0.4) is 0 Å². The summed E-state index contributed by atoms with van der Waals surface area (Å²) in [6, 6.07) is 11.0. The van der Waals surface area contributed by atoms with E-state index in [1.807, 2.05) is 0 Å². The molecule has 18 heavy (non-hydrogen) atoms. The minimum absolute atomic E-state index is 0.878. The summed E-state index contributed by atoms with van der Waals surface area (Å²) in [5.41, 5.74) is 1.52. The van der Waals surface area contributed by atoms with Crippen molar-refractivity contribution >= 4 is 0 Å².